The van der Waals surface area contributed by atoms with Gasteiger partial charge in [-0.05, 0) is 53.4 Å². The van der Waals surface area contributed by atoms with Crippen LogP contribution in [0.3, 0.4) is 0 Å². The Hall–Kier alpha value is -1.15. The minimum absolute atomic E-state index is 0.586. The molecule has 0 unspecified atom stereocenters. The van der Waals surface area contributed by atoms with Gasteiger partial charge in [0.25, 0.3) is 0 Å². The third kappa shape index (κ3) is 2.55. The van der Waals surface area contributed by atoms with Gasteiger partial charge in [0, 0.05) is 19.0 Å². The lowest BCUT2D eigenvalue weighted by atomic mass is 10.4. The molecule has 8 heteroatoms. The van der Waals surface area contributed by atoms with Crippen molar-refractivity contribution in [2.75, 3.05) is 12.4 Å². The van der Waals surface area contributed by atoms with Crippen molar-refractivity contribution in [1.29, 1.82) is 0 Å². The summed E-state index contributed by atoms with van der Waals surface area (Å²) in [6, 6.07) is 0.586. The van der Waals surface area contributed by atoms with Crippen LogP contribution in [0.1, 0.15) is 43.5 Å². The summed E-state index contributed by atoms with van der Waals surface area (Å²) in [6.07, 6.45) is 6.53. The maximum atomic E-state index is 4.43. The summed E-state index contributed by atoms with van der Waals surface area (Å²) in [5.74, 6) is 2.57. The third-order valence-electron chi connectivity index (χ3n) is 3.73. The first-order valence-electron chi connectivity index (χ1n) is 7.09. The number of halogens is 1. The van der Waals surface area contributed by atoms with Crippen molar-refractivity contribution >= 4 is 33.5 Å². The largest absolute Gasteiger partial charge is 0.372 e. The van der Waals surface area contributed by atoms with Gasteiger partial charge in [0.1, 0.15) is 23.0 Å². The predicted molar refractivity (Wildman–Crippen MR) is 83.7 cm³/mol. The Balaban J connectivity index is 1.68. The zero-order valence-corrected chi connectivity index (χ0v) is 14.0. The van der Waals surface area contributed by atoms with E-state index in [-0.39, 0.29) is 0 Å². The minimum Gasteiger partial charge on any atom is -0.372 e. The summed E-state index contributed by atoms with van der Waals surface area (Å²) in [5.41, 5.74) is 0. The highest BCUT2D eigenvalue weighted by Crippen LogP contribution is 2.47. The van der Waals surface area contributed by atoms with Crippen LogP contribution in [0.4, 0.5) is 5.82 Å². The second-order valence-corrected chi connectivity index (χ2v) is 7.16. The van der Waals surface area contributed by atoms with Gasteiger partial charge >= 0.3 is 0 Å². The molecule has 4 rings (SSSR count). The molecule has 1 N–H and O–H groups in total. The molecule has 2 aliphatic carbocycles. The van der Waals surface area contributed by atoms with E-state index in [4.69, 9.17) is 0 Å². The van der Waals surface area contributed by atoms with Gasteiger partial charge in [-0.1, -0.05) is 0 Å². The normalized spacial score (nSPS) is 18.0. The Morgan fingerprint density at radius 3 is 2.71 bits per heavy atom. The lowest BCUT2D eigenvalue weighted by Crippen LogP contribution is -2.02. The summed E-state index contributed by atoms with van der Waals surface area (Å²) < 4.78 is 3.20. The summed E-state index contributed by atoms with van der Waals surface area (Å²) in [7, 11) is 1.85. The molecule has 0 saturated heterocycles. The van der Waals surface area contributed by atoms with Crippen LogP contribution in [0, 0.1) is 0 Å². The molecule has 2 heterocycles. The molecule has 2 aliphatic rings. The van der Waals surface area contributed by atoms with Crippen molar-refractivity contribution in [1.82, 2.24) is 24.7 Å². The second-order valence-electron chi connectivity index (χ2n) is 5.41. The van der Waals surface area contributed by atoms with E-state index < -0.39 is 0 Å². The van der Waals surface area contributed by atoms with E-state index in [0.29, 0.717) is 12.0 Å². The second kappa shape index (κ2) is 5.24. The van der Waals surface area contributed by atoms with Crippen LogP contribution in [0.5, 0.6) is 0 Å². The number of aromatic nitrogens is 5. The smallest absolute Gasteiger partial charge is 0.197 e. The molecule has 0 amide bonds. The van der Waals surface area contributed by atoms with Gasteiger partial charge in [-0.3, -0.25) is 0 Å². The van der Waals surface area contributed by atoms with Crippen molar-refractivity contribution < 1.29 is 0 Å². The van der Waals surface area contributed by atoms with Gasteiger partial charge in [0.05, 0.1) is 4.47 Å². The molecule has 0 aliphatic heterocycles. The first-order valence-corrected chi connectivity index (χ1v) is 8.69. The van der Waals surface area contributed by atoms with Gasteiger partial charge in [-0.2, -0.15) is 0 Å². The predicted octanol–water partition coefficient (Wildman–Crippen LogP) is 3.24. The molecule has 2 aromatic heterocycles. The SMILES string of the molecule is CNc1ncnc(Sc2nnc(C3CC3)n2C2CC2)c1Br. The van der Waals surface area contributed by atoms with Crippen molar-refractivity contribution in [2.45, 2.75) is 47.8 Å². The number of hydrogen-bond donors (Lipinski definition) is 1. The fourth-order valence-electron chi connectivity index (χ4n) is 2.34. The summed E-state index contributed by atoms with van der Waals surface area (Å²) in [5, 5.41) is 13.7. The highest BCUT2D eigenvalue weighted by molar-refractivity contribution is 9.10. The van der Waals surface area contributed by atoms with Crippen molar-refractivity contribution in [3.63, 3.8) is 0 Å². The van der Waals surface area contributed by atoms with E-state index in [1.54, 1.807) is 18.1 Å². The van der Waals surface area contributed by atoms with Crippen LogP contribution in [0.2, 0.25) is 0 Å². The average molecular weight is 367 g/mol. The van der Waals surface area contributed by atoms with E-state index in [9.17, 15) is 0 Å². The van der Waals surface area contributed by atoms with Gasteiger partial charge < -0.3 is 9.88 Å². The van der Waals surface area contributed by atoms with Crippen molar-refractivity contribution in [3.05, 3.63) is 16.6 Å². The molecular formula is C13H15BrN6S. The van der Waals surface area contributed by atoms with E-state index in [1.807, 2.05) is 7.05 Å². The monoisotopic (exact) mass is 366 g/mol. The molecule has 2 saturated carbocycles. The Bertz CT molecular complexity index is 679. The molecule has 0 atom stereocenters. The number of hydrogen-bond acceptors (Lipinski definition) is 6. The highest BCUT2D eigenvalue weighted by Gasteiger charge is 2.36. The van der Waals surface area contributed by atoms with Crippen molar-refractivity contribution in [2.24, 2.45) is 0 Å². The summed E-state index contributed by atoms with van der Waals surface area (Å²) >= 11 is 5.11. The van der Waals surface area contributed by atoms with E-state index in [0.717, 1.165) is 20.5 Å². The number of anilines is 1. The molecule has 0 bridgehead atoms. The lowest BCUT2D eigenvalue weighted by Gasteiger charge is -2.09. The van der Waals surface area contributed by atoms with Gasteiger partial charge in [0.15, 0.2) is 5.16 Å². The number of rotatable bonds is 5. The van der Waals surface area contributed by atoms with E-state index in [1.165, 1.54) is 31.5 Å². The van der Waals surface area contributed by atoms with Crippen LogP contribution in [-0.4, -0.2) is 31.8 Å². The van der Waals surface area contributed by atoms with Gasteiger partial charge in [-0.15, -0.1) is 10.2 Å². The van der Waals surface area contributed by atoms with Crippen LogP contribution in [0.25, 0.3) is 0 Å². The topological polar surface area (TPSA) is 68.5 Å². The lowest BCUT2D eigenvalue weighted by molar-refractivity contribution is 0.626. The standard InChI is InChI=1S/C13H15BrN6S/c1-15-10-9(14)12(17-6-16-10)21-13-19-18-11(7-2-3-7)20(13)8-4-5-8/h6-8H,2-5H2,1H3,(H,15,16,17). The van der Waals surface area contributed by atoms with Crippen LogP contribution < -0.4 is 5.32 Å². The minimum atomic E-state index is 0.586. The first-order chi connectivity index (χ1) is 10.3. The molecule has 0 radical (unpaired) electrons. The summed E-state index contributed by atoms with van der Waals surface area (Å²) in [4.78, 5) is 8.54. The fourth-order valence-corrected chi connectivity index (χ4v) is 3.87. The molecule has 0 spiro atoms. The summed E-state index contributed by atoms with van der Waals surface area (Å²) in [6.45, 7) is 0. The maximum Gasteiger partial charge on any atom is 0.197 e. The Labute approximate surface area is 135 Å². The quantitative estimate of drug-likeness (QED) is 0.819. The Morgan fingerprint density at radius 1 is 1.24 bits per heavy atom. The molecule has 0 aromatic carbocycles. The molecule has 21 heavy (non-hydrogen) atoms. The molecule has 2 fully saturated rings. The van der Waals surface area contributed by atoms with Crippen LogP contribution in [-0.2, 0) is 0 Å². The average Bonchev–Trinajstić information content (AvgIpc) is 3.40. The highest BCUT2D eigenvalue weighted by atomic mass is 79.9. The maximum absolute atomic E-state index is 4.43. The Kier molecular flexibility index (Phi) is 3.37. The molecular weight excluding hydrogens is 352 g/mol. The molecule has 110 valence electrons. The zero-order chi connectivity index (χ0) is 14.4. The van der Waals surface area contributed by atoms with Crippen molar-refractivity contribution in [3.8, 4) is 0 Å². The van der Waals surface area contributed by atoms with Crippen LogP contribution >= 0.6 is 27.7 Å². The van der Waals surface area contributed by atoms with Crippen LogP contribution in [0.15, 0.2) is 21.0 Å². The van der Waals surface area contributed by atoms with E-state index >= 15 is 0 Å². The third-order valence-corrected chi connectivity index (χ3v) is 5.71. The Morgan fingerprint density at radius 2 is 2.05 bits per heavy atom. The fraction of sp³-hybridized carbons (Fsp3) is 0.538. The van der Waals surface area contributed by atoms with Gasteiger partial charge in [0.2, 0.25) is 0 Å². The number of nitrogens with one attached hydrogen (secondary N) is 1. The molecule has 6 nitrogen and oxygen atoms in total. The number of nitrogens with zero attached hydrogens (tertiary/aromatic N) is 5. The van der Waals surface area contributed by atoms with Gasteiger partial charge in [-0.25, -0.2) is 9.97 Å². The zero-order valence-electron chi connectivity index (χ0n) is 11.6. The molecule has 2 aromatic rings. The first kappa shape index (κ1) is 13.5. The van der Waals surface area contributed by atoms with E-state index in [2.05, 4.69) is 46.0 Å².